The second-order valence-corrected chi connectivity index (χ2v) is 4.94. The van der Waals surface area contributed by atoms with Crippen molar-refractivity contribution in [2.45, 2.75) is 52.0 Å². The van der Waals surface area contributed by atoms with E-state index in [1.807, 2.05) is 12.3 Å². The van der Waals surface area contributed by atoms with Crippen molar-refractivity contribution in [1.29, 1.82) is 0 Å². The van der Waals surface area contributed by atoms with Gasteiger partial charge in [-0.2, -0.15) is 0 Å². The van der Waals surface area contributed by atoms with Crippen LogP contribution in [-0.2, 0) is 0 Å². The normalized spacial score (nSPS) is 25.4. The zero-order valence-corrected chi connectivity index (χ0v) is 10.4. The lowest BCUT2D eigenvalue weighted by Gasteiger charge is -2.29. The number of aromatic nitrogens is 1. The Labute approximate surface area is 98.5 Å². The number of hydrogen-bond donors (Lipinski definition) is 1. The highest BCUT2D eigenvalue weighted by molar-refractivity contribution is 5.43. The molecule has 0 spiro atoms. The molecule has 1 N–H and O–H groups in total. The van der Waals surface area contributed by atoms with Gasteiger partial charge in [-0.05, 0) is 50.2 Å². The van der Waals surface area contributed by atoms with Crippen molar-refractivity contribution in [2.24, 2.45) is 5.92 Å². The molecule has 0 radical (unpaired) electrons. The quantitative estimate of drug-likeness (QED) is 0.835. The smallest absolute Gasteiger partial charge is 0.129 e. The SMILES string of the molecule is CCC1CCC(Nc2ncccc2C)CC1. The summed E-state index contributed by atoms with van der Waals surface area (Å²) in [6, 6.07) is 4.75. The van der Waals surface area contributed by atoms with Crippen LogP contribution in [0.3, 0.4) is 0 Å². The van der Waals surface area contributed by atoms with Crippen molar-refractivity contribution in [1.82, 2.24) is 4.98 Å². The summed E-state index contributed by atoms with van der Waals surface area (Å²) in [6.07, 6.45) is 8.56. The predicted octanol–water partition coefficient (Wildman–Crippen LogP) is 3.77. The summed E-state index contributed by atoms with van der Waals surface area (Å²) in [5.41, 5.74) is 1.25. The van der Waals surface area contributed by atoms with Gasteiger partial charge >= 0.3 is 0 Å². The van der Waals surface area contributed by atoms with Crippen molar-refractivity contribution in [3.05, 3.63) is 23.9 Å². The van der Waals surface area contributed by atoms with Gasteiger partial charge in [-0.15, -0.1) is 0 Å². The molecule has 1 saturated carbocycles. The molecule has 0 bridgehead atoms. The molecule has 1 heterocycles. The van der Waals surface area contributed by atoms with E-state index in [9.17, 15) is 0 Å². The van der Waals surface area contributed by atoms with Crippen LogP contribution in [0, 0.1) is 12.8 Å². The summed E-state index contributed by atoms with van der Waals surface area (Å²) in [4.78, 5) is 4.40. The Morgan fingerprint density at radius 2 is 2.06 bits per heavy atom. The second-order valence-electron chi connectivity index (χ2n) is 4.94. The Hall–Kier alpha value is -1.05. The summed E-state index contributed by atoms with van der Waals surface area (Å²) in [5.74, 6) is 2.03. The first-order valence-corrected chi connectivity index (χ1v) is 6.47. The molecule has 1 fully saturated rings. The number of aryl methyl sites for hydroxylation is 1. The Kier molecular flexibility index (Phi) is 3.81. The van der Waals surface area contributed by atoms with E-state index < -0.39 is 0 Å². The van der Waals surface area contributed by atoms with E-state index in [-0.39, 0.29) is 0 Å². The zero-order chi connectivity index (χ0) is 11.4. The predicted molar refractivity (Wildman–Crippen MR) is 68.6 cm³/mol. The Morgan fingerprint density at radius 1 is 1.31 bits per heavy atom. The highest BCUT2D eigenvalue weighted by Crippen LogP contribution is 2.28. The molecule has 0 unspecified atom stereocenters. The first kappa shape index (κ1) is 11.4. The molecular weight excluding hydrogens is 196 g/mol. The van der Waals surface area contributed by atoms with E-state index in [0.717, 1.165) is 11.7 Å². The summed E-state index contributed by atoms with van der Waals surface area (Å²) in [7, 11) is 0. The number of nitrogens with one attached hydrogen (secondary N) is 1. The molecule has 0 atom stereocenters. The van der Waals surface area contributed by atoms with E-state index in [4.69, 9.17) is 0 Å². The molecule has 0 saturated heterocycles. The third-order valence-corrected chi connectivity index (χ3v) is 3.77. The van der Waals surface area contributed by atoms with Gasteiger partial charge in [0.25, 0.3) is 0 Å². The first-order valence-electron chi connectivity index (χ1n) is 6.47. The van der Waals surface area contributed by atoms with E-state index in [2.05, 4.69) is 30.2 Å². The van der Waals surface area contributed by atoms with Gasteiger partial charge in [0.1, 0.15) is 5.82 Å². The number of anilines is 1. The van der Waals surface area contributed by atoms with Gasteiger partial charge in [-0.1, -0.05) is 19.4 Å². The number of rotatable bonds is 3. The molecule has 1 aromatic rings. The third-order valence-electron chi connectivity index (χ3n) is 3.77. The highest BCUT2D eigenvalue weighted by atomic mass is 15.0. The largest absolute Gasteiger partial charge is 0.367 e. The lowest BCUT2D eigenvalue weighted by atomic mass is 9.84. The third kappa shape index (κ3) is 2.75. The maximum atomic E-state index is 4.40. The summed E-state index contributed by atoms with van der Waals surface area (Å²) in [6.45, 7) is 4.42. The summed E-state index contributed by atoms with van der Waals surface area (Å²) in [5, 5.41) is 3.58. The van der Waals surface area contributed by atoms with Crippen molar-refractivity contribution >= 4 is 5.82 Å². The fourth-order valence-electron chi connectivity index (χ4n) is 2.55. The van der Waals surface area contributed by atoms with E-state index in [1.165, 1.54) is 37.7 Å². The molecule has 0 aliphatic heterocycles. The first-order chi connectivity index (χ1) is 7.79. The molecule has 1 aliphatic carbocycles. The van der Waals surface area contributed by atoms with E-state index in [1.54, 1.807) is 0 Å². The van der Waals surface area contributed by atoms with Gasteiger partial charge in [-0.3, -0.25) is 0 Å². The van der Waals surface area contributed by atoms with Gasteiger partial charge < -0.3 is 5.32 Å². The molecule has 2 heteroatoms. The minimum absolute atomic E-state index is 0.636. The number of pyridine rings is 1. The molecule has 2 rings (SSSR count). The average Bonchev–Trinajstić information content (AvgIpc) is 2.33. The summed E-state index contributed by atoms with van der Waals surface area (Å²) >= 11 is 0. The fraction of sp³-hybridized carbons (Fsp3) is 0.643. The van der Waals surface area contributed by atoms with E-state index >= 15 is 0 Å². The van der Waals surface area contributed by atoms with Crippen LogP contribution < -0.4 is 5.32 Å². The van der Waals surface area contributed by atoms with Crippen LogP contribution in [0.2, 0.25) is 0 Å². The van der Waals surface area contributed by atoms with Crippen LogP contribution in [0.5, 0.6) is 0 Å². The van der Waals surface area contributed by atoms with Crippen LogP contribution in [0.15, 0.2) is 18.3 Å². The van der Waals surface area contributed by atoms with Gasteiger partial charge in [0.15, 0.2) is 0 Å². The molecule has 1 aromatic heterocycles. The lowest BCUT2D eigenvalue weighted by Crippen LogP contribution is -2.26. The maximum absolute atomic E-state index is 4.40. The molecular formula is C14H22N2. The van der Waals surface area contributed by atoms with Crippen LogP contribution in [0.25, 0.3) is 0 Å². The van der Waals surface area contributed by atoms with Crippen molar-refractivity contribution in [3.8, 4) is 0 Å². The van der Waals surface area contributed by atoms with Gasteiger partial charge in [-0.25, -0.2) is 4.98 Å². The lowest BCUT2D eigenvalue weighted by molar-refractivity contribution is 0.330. The molecule has 16 heavy (non-hydrogen) atoms. The van der Waals surface area contributed by atoms with Crippen molar-refractivity contribution in [3.63, 3.8) is 0 Å². The number of hydrogen-bond acceptors (Lipinski definition) is 2. The van der Waals surface area contributed by atoms with Crippen molar-refractivity contribution in [2.75, 3.05) is 5.32 Å². The molecule has 1 aliphatic rings. The Morgan fingerprint density at radius 3 is 2.69 bits per heavy atom. The highest BCUT2D eigenvalue weighted by Gasteiger charge is 2.20. The molecule has 2 nitrogen and oxygen atoms in total. The molecule has 0 aromatic carbocycles. The van der Waals surface area contributed by atoms with Gasteiger partial charge in [0.05, 0.1) is 0 Å². The minimum atomic E-state index is 0.636. The number of nitrogens with zero attached hydrogens (tertiary/aromatic N) is 1. The monoisotopic (exact) mass is 218 g/mol. The minimum Gasteiger partial charge on any atom is -0.367 e. The standard InChI is InChI=1S/C14H22N2/c1-3-12-6-8-13(9-7-12)16-14-11(2)5-4-10-15-14/h4-5,10,12-13H,3,6-9H2,1-2H3,(H,15,16). The molecule has 0 amide bonds. The second kappa shape index (κ2) is 5.33. The van der Waals surface area contributed by atoms with Crippen molar-refractivity contribution < 1.29 is 0 Å². The topological polar surface area (TPSA) is 24.9 Å². The zero-order valence-electron chi connectivity index (χ0n) is 10.4. The van der Waals surface area contributed by atoms with Crippen LogP contribution in [0.4, 0.5) is 5.82 Å². The van der Waals surface area contributed by atoms with Gasteiger partial charge in [0.2, 0.25) is 0 Å². The van der Waals surface area contributed by atoms with Crippen LogP contribution >= 0.6 is 0 Å². The Balaban J connectivity index is 1.89. The van der Waals surface area contributed by atoms with Gasteiger partial charge in [0, 0.05) is 12.2 Å². The van der Waals surface area contributed by atoms with Crippen LogP contribution in [-0.4, -0.2) is 11.0 Å². The molecule has 88 valence electrons. The van der Waals surface area contributed by atoms with E-state index in [0.29, 0.717) is 6.04 Å². The fourth-order valence-corrected chi connectivity index (χ4v) is 2.55. The van der Waals surface area contributed by atoms with Crippen LogP contribution in [0.1, 0.15) is 44.6 Å². The summed E-state index contributed by atoms with van der Waals surface area (Å²) < 4.78 is 0. The Bertz CT molecular complexity index is 327. The average molecular weight is 218 g/mol. The maximum Gasteiger partial charge on any atom is 0.129 e.